The number of aromatic amines is 1. The van der Waals surface area contributed by atoms with Crippen LogP contribution in [0.5, 0.6) is 0 Å². The molecular weight excluding hydrogens is 418 g/mol. The van der Waals surface area contributed by atoms with Gasteiger partial charge in [-0.05, 0) is 37.2 Å². The van der Waals surface area contributed by atoms with Crippen molar-refractivity contribution in [2.75, 3.05) is 13.1 Å². The number of rotatable bonds is 7. The molecule has 1 aliphatic heterocycles. The molecule has 33 heavy (non-hydrogen) atoms. The largest absolute Gasteiger partial charge is 0.346 e. The van der Waals surface area contributed by atoms with Gasteiger partial charge in [-0.25, -0.2) is 9.97 Å². The van der Waals surface area contributed by atoms with Crippen molar-refractivity contribution >= 4 is 22.7 Å². The topological polar surface area (TPSA) is 121 Å². The number of carbonyl (C=O) groups is 2. The first-order valence-electron chi connectivity index (χ1n) is 11.6. The highest BCUT2D eigenvalue weighted by atomic mass is 16.2. The summed E-state index contributed by atoms with van der Waals surface area (Å²) in [7, 11) is 0. The lowest BCUT2D eigenvalue weighted by atomic mass is 9.92. The van der Waals surface area contributed by atoms with Gasteiger partial charge in [-0.15, -0.1) is 0 Å². The van der Waals surface area contributed by atoms with Crippen LogP contribution in [0.1, 0.15) is 45.4 Å². The van der Waals surface area contributed by atoms with Gasteiger partial charge in [0.1, 0.15) is 12.0 Å². The van der Waals surface area contributed by atoms with Crippen LogP contribution in [0.4, 0.5) is 0 Å². The van der Waals surface area contributed by atoms with Gasteiger partial charge in [-0.2, -0.15) is 10.4 Å². The molecule has 170 valence electrons. The number of unbranched alkanes of at least 4 members (excludes halogenated alkanes) is 1. The fraction of sp³-hybridized carbons (Fsp3) is 0.500. The molecule has 1 unspecified atom stereocenters. The summed E-state index contributed by atoms with van der Waals surface area (Å²) in [6, 6.07) is 4.31. The monoisotopic (exact) mass is 445 g/mol. The fourth-order valence-electron chi connectivity index (χ4n) is 5.61. The van der Waals surface area contributed by atoms with E-state index in [-0.39, 0.29) is 23.5 Å². The van der Waals surface area contributed by atoms with Gasteiger partial charge in [-0.1, -0.05) is 13.3 Å². The molecule has 9 heteroatoms. The number of nitrogens with zero attached hydrogens (tertiary/aromatic N) is 6. The summed E-state index contributed by atoms with van der Waals surface area (Å²) in [4.78, 5) is 38.3. The fourth-order valence-corrected chi connectivity index (χ4v) is 5.61. The molecule has 3 atom stereocenters. The smallest absolute Gasteiger partial charge is 0.289 e. The predicted molar refractivity (Wildman–Crippen MR) is 121 cm³/mol. The Kier molecular flexibility index (Phi) is 5.44. The Hall–Kier alpha value is -3.54. The second-order valence-electron chi connectivity index (χ2n) is 9.36. The highest BCUT2D eigenvalue weighted by molar-refractivity contribution is 6.36. The Morgan fingerprint density at radius 3 is 2.79 bits per heavy atom. The van der Waals surface area contributed by atoms with E-state index in [0.717, 1.165) is 48.0 Å². The number of carbonyl (C=O) groups excluding carboxylic acids is 2. The van der Waals surface area contributed by atoms with Crippen molar-refractivity contribution in [3.05, 3.63) is 31.0 Å². The molecule has 3 aromatic rings. The summed E-state index contributed by atoms with van der Waals surface area (Å²) >= 11 is 0. The molecule has 4 heterocycles. The minimum atomic E-state index is -0.409. The standard InChI is InChI=1S/C24H27N7O2/c1-2-3-4-20(32)23(33)30-12-16-9-24(6-7-25,10-17(16)13-30)31-14-18(11-29-31)21-19-5-8-26-22(19)28-15-27-21/h5,8,11,14-17H,2-4,6,9-10,12-13H2,1H3,(H,26,27,28)/t16-,17+,24?. The number of amides is 1. The first-order chi connectivity index (χ1) is 16.0. The third-order valence-electron chi connectivity index (χ3n) is 7.25. The van der Waals surface area contributed by atoms with Crippen LogP contribution in [-0.4, -0.2) is 54.4 Å². The number of hydrogen-bond donors (Lipinski definition) is 1. The molecule has 1 saturated carbocycles. The number of ketones is 1. The Balaban J connectivity index is 1.35. The summed E-state index contributed by atoms with van der Waals surface area (Å²) in [6.45, 7) is 3.18. The number of fused-ring (bicyclic) bond motifs is 2. The van der Waals surface area contributed by atoms with E-state index in [2.05, 4.69) is 26.1 Å². The van der Waals surface area contributed by atoms with Gasteiger partial charge in [-0.3, -0.25) is 14.3 Å². The van der Waals surface area contributed by atoms with E-state index in [9.17, 15) is 14.9 Å². The quantitative estimate of drug-likeness (QED) is 0.558. The van der Waals surface area contributed by atoms with Gasteiger partial charge in [0.15, 0.2) is 0 Å². The first-order valence-corrected chi connectivity index (χ1v) is 11.6. The Morgan fingerprint density at radius 2 is 2.06 bits per heavy atom. The SMILES string of the molecule is CCCCC(=O)C(=O)N1C[C@@H]2CC(CC#N)(n3cc(-c4ncnc5[nH]ccc45)cn3)C[C@@H]2C1. The molecular formula is C24H27N7O2. The van der Waals surface area contributed by atoms with Gasteiger partial charge in [0, 0.05) is 42.9 Å². The Labute approximate surface area is 191 Å². The lowest BCUT2D eigenvalue weighted by molar-refractivity contribution is -0.144. The van der Waals surface area contributed by atoms with Crippen molar-refractivity contribution < 1.29 is 9.59 Å². The summed E-state index contributed by atoms with van der Waals surface area (Å²) in [5.41, 5.74) is 2.05. The molecule has 0 spiro atoms. The maximum absolute atomic E-state index is 12.6. The van der Waals surface area contributed by atoms with Gasteiger partial charge < -0.3 is 9.88 Å². The Bertz CT molecular complexity index is 1220. The average molecular weight is 446 g/mol. The number of nitriles is 1. The van der Waals surface area contributed by atoms with Gasteiger partial charge >= 0.3 is 0 Å². The molecule has 3 aromatic heterocycles. The van der Waals surface area contributed by atoms with Gasteiger partial charge in [0.25, 0.3) is 5.91 Å². The lowest BCUT2D eigenvalue weighted by Crippen LogP contribution is -2.38. The van der Waals surface area contributed by atoms with E-state index >= 15 is 0 Å². The molecule has 5 rings (SSSR count). The molecule has 1 N–H and O–H groups in total. The van der Waals surface area contributed by atoms with Crippen LogP contribution >= 0.6 is 0 Å². The third-order valence-corrected chi connectivity index (χ3v) is 7.25. The average Bonchev–Trinajstić information content (AvgIpc) is 3.59. The summed E-state index contributed by atoms with van der Waals surface area (Å²) in [6.07, 6.45) is 11.0. The molecule has 9 nitrogen and oxygen atoms in total. The van der Waals surface area contributed by atoms with E-state index in [1.807, 2.05) is 30.1 Å². The van der Waals surface area contributed by atoms with Crippen LogP contribution in [0, 0.1) is 23.2 Å². The molecule has 0 aromatic carbocycles. The minimum Gasteiger partial charge on any atom is -0.346 e. The number of H-pyrrole nitrogens is 1. The zero-order valence-corrected chi connectivity index (χ0v) is 18.7. The molecule has 1 saturated heterocycles. The van der Waals surface area contributed by atoms with E-state index in [1.165, 1.54) is 6.33 Å². The summed E-state index contributed by atoms with van der Waals surface area (Å²) in [5, 5.41) is 15.2. The van der Waals surface area contributed by atoms with E-state index in [1.54, 1.807) is 11.1 Å². The van der Waals surface area contributed by atoms with Gasteiger partial charge in [0.2, 0.25) is 5.78 Å². The van der Waals surface area contributed by atoms with Crippen molar-refractivity contribution in [2.24, 2.45) is 11.8 Å². The maximum atomic E-state index is 12.6. The van der Waals surface area contributed by atoms with Crippen molar-refractivity contribution in [1.82, 2.24) is 29.6 Å². The molecule has 2 fully saturated rings. The van der Waals surface area contributed by atoms with Crippen LogP contribution in [0.15, 0.2) is 31.0 Å². The third kappa shape index (κ3) is 3.69. The summed E-state index contributed by atoms with van der Waals surface area (Å²) in [5.74, 6) is -0.0872. The molecule has 0 bridgehead atoms. The highest BCUT2D eigenvalue weighted by Gasteiger charge is 2.51. The molecule has 0 radical (unpaired) electrons. The van der Waals surface area contributed by atoms with Crippen molar-refractivity contribution in [3.8, 4) is 17.3 Å². The summed E-state index contributed by atoms with van der Waals surface area (Å²) < 4.78 is 1.93. The van der Waals surface area contributed by atoms with Crippen LogP contribution in [0.2, 0.25) is 0 Å². The van der Waals surface area contributed by atoms with Crippen LogP contribution in [-0.2, 0) is 15.1 Å². The number of hydrogen-bond acceptors (Lipinski definition) is 6. The van der Waals surface area contributed by atoms with Crippen molar-refractivity contribution in [1.29, 1.82) is 5.26 Å². The van der Waals surface area contributed by atoms with E-state index in [0.29, 0.717) is 25.9 Å². The zero-order chi connectivity index (χ0) is 23.0. The number of Topliss-reactive ketones (excluding diaryl/α,β-unsaturated/α-hetero) is 1. The highest BCUT2D eigenvalue weighted by Crippen LogP contribution is 2.49. The second-order valence-corrected chi connectivity index (χ2v) is 9.36. The zero-order valence-electron chi connectivity index (χ0n) is 18.7. The van der Waals surface area contributed by atoms with Crippen LogP contribution < -0.4 is 0 Å². The molecule has 1 aliphatic carbocycles. The van der Waals surface area contributed by atoms with Gasteiger partial charge in [0.05, 0.1) is 29.9 Å². The lowest BCUT2D eigenvalue weighted by Gasteiger charge is -2.29. The molecule has 2 aliphatic rings. The predicted octanol–water partition coefficient (Wildman–Crippen LogP) is 3.06. The number of aromatic nitrogens is 5. The number of nitrogens with one attached hydrogen (secondary N) is 1. The van der Waals surface area contributed by atoms with E-state index < -0.39 is 5.54 Å². The second kappa shape index (κ2) is 8.43. The van der Waals surface area contributed by atoms with Crippen LogP contribution in [0.3, 0.4) is 0 Å². The van der Waals surface area contributed by atoms with Crippen molar-refractivity contribution in [3.63, 3.8) is 0 Å². The van der Waals surface area contributed by atoms with E-state index in [4.69, 9.17) is 0 Å². The van der Waals surface area contributed by atoms with Crippen LogP contribution in [0.25, 0.3) is 22.3 Å². The number of likely N-dealkylation sites (tertiary alicyclic amines) is 1. The Morgan fingerprint density at radius 1 is 1.27 bits per heavy atom. The van der Waals surface area contributed by atoms with Crippen molar-refractivity contribution in [2.45, 2.75) is 51.0 Å². The first kappa shape index (κ1) is 21.3. The minimum absolute atomic E-state index is 0.268. The maximum Gasteiger partial charge on any atom is 0.289 e. The molecule has 1 amide bonds. The normalized spacial score (nSPS) is 24.2.